The maximum atomic E-state index is 12.8. The maximum Gasteiger partial charge on any atom is 0.262 e. The third-order valence-electron chi connectivity index (χ3n) is 5.09. The van der Waals surface area contributed by atoms with Gasteiger partial charge in [-0.2, -0.15) is 5.10 Å². The van der Waals surface area contributed by atoms with E-state index in [1.165, 1.54) is 18.3 Å². The number of benzene rings is 3. The van der Waals surface area contributed by atoms with Gasteiger partial charge < -0.3 is 10.1 Å². The van der Waals surface area contributed by atoms with Gasteiger partial charge in [0.1, 0.15) is 18.4 Å². The van der Waals surface area contributed by atoms with Crippen LogP contribution < -0.4 is 15.5 Å². The Balaban J connectivity index is 1.64. The Bertz CT molecular complexity index is 1280. The summed E-state index contributed by atoms with van der Waals surface area (Å²) in [7, 11) is 0. The van der Waals surface area contributed by atoms with E-state index in [0.717, 1.165) is 5.56 Å². The van der Waals surface area contributed by atoms with E-state index in [-0.39, 0.29) is 23.1 Å². The largest absolute Gasteiger partial charge is 0.488 e. The summed E-state index contributed by atoms with van der Waals surface area (Å²) in [6, 6.07) is 16.2. The van der Waals surface area contributed by atoms with E-state index in [4.69, 9.17) is 51.1 Å². The molecule has 3 aromatic carbocycles. The van der Waals surface area contributed by atoms with Gasteiger partial charge in [-0.1, -0.05) is 78.5 Å². The molecule has 2 N–H and O–H groups in total. The molecule has 0 spiro atoms. The zero-order chi connectivity index (χ0) is 26.2. The molecule has 36 heavy (non-hydrogen) atoms. The summed E-state index contributed by atoms with van der Waals surface area (Å²) in [6.45, 7) is 3.89. The first kappa shape index (κ1) is 27.8. The van der Waals surface area contributed by atoms with Crippen LogP contribution in [0.15, 0.2) is 65.8 Å². The van der Waals surface area contributed by atoms with Crippen molar-refractivity contribution in [3.63, 3.8) is 0 Å². The van der Waals surface area contributed by atoms with Gasteiger partial charge in [-0.05, 0) is 53.9 Å². The Hall–Kier alpha value is -2.77. The third kappa shape index (κ3) is 7.61. The molecule has 10 heteroatoms. The fraction of sp³-hybridized carbons (Fsp3) is 0.192. The lowest BCUT2D eigenvalue weighted by molar-refractivity contribution is -0.123. The van der Waals surface area contributed by atoms with E-state index in [1.807, 2.05) is 32.0 Å². The van der Waals surface area contributed by atoms with Crippen LogP contribution in [0.2, 0.25) is 20.1 Å². The first-order valence-electron chi connectivity index (χ1n) is 10.9. The molecule has 0 fully saturated rings. The second kappa shape index (κ2) is 13.0. The van der Waals surface area contributed by atoms with E-state index in [9.17, 15) is 9.59 Å². The average Bonchev–Trinajstić information content (AvgIpc) is 2.83. The molecule has 0 radical (unpaired) electrons. The highest BCUT2D eigenvalue weighted by Gasteiger charge is 2.25. The summed E-state index contributed by atoms with van der Waals surface area (Å²) in [6.07, 6.45) is 1.47. The van der Waals surface area contributed by atoms with E-state index in [2.05, 4.69) is 15.8 Å². The molecular weight excluding hydrogens is 544 g/mol. The summed E-state index contributed by atoms with van der Waals surface area (Å²) in [5, 5.41) is 8.27. The van der Waals surface area contributed by atoms with Crippen molar-refractivity contribution in [3.05, 3.63) is 97.4 Å². The number of ether oxygens (including phenoxy) is 1. The predicted octanol–water partition coefficient (Wildman–Crippen LogP) is 6.78. The van der Waals surface area contributed by atoms with E-state index in [1.54, 1.807) is 30.3 Å². The maximum absolute atomic E-state index is 12.8. The zero-order valence-electron chi connectivity index (χ0n) is 19.4. The summed E-state index contributed by atoms with van der Waals surface area (Å²) in [5.41, 5.74) is 4.20. The minimum Gasteiger partial charge on any atom is -0.488 e. The number of para-hydroxylation sites is 1. The molecule has 0 aliphatic rings. The van der Waals surface area contributed by atoms with Gasteiger partial charge in [-0.15, -0.1) is 0 Å². The van der Waals surface area contributed by atoms with Crippen LogP contribution in [0.4, 0.5) is 0 Å². The Morgan fingerprint density at radius 2 is 1.69 bits per heavy atom. The number of nitrogens with one attached hydrogen (secondary N) is 2. The quantitative estimate of drug-likeness (QED) is 0.221. The fourth-order valence-electron chi connectivity index (χ4n) is 3.17. The van der Waals surface area contributed by atoms with Gasteiger partial charge in [0.15, 0.2) is 0 Å². The second-order valence-electron chi connectivity index (χ2n) is 8.13. The molecular formula is C26H23Cl4N3O3. The Morgan fingerprint density at radius 3 is 2.39 bits per heavy atom. The van der Waals surface area contributed by atoms with E-state index < -0.39 is 17.9 Å². The molecule has 0 saturated heterocycles. The smallest absolute Gasteiger partial charge is 0.262 e. The van der Waals surface area contributed by atoms with E-state index in [0.29, 0.717) is 26.4 Å². The SMILES string of the molecule is CC(C)C(NC(=O)c1ccc(Cl)cc1Cl)C(=O)N/N=C/c1ccccc1OCc1ccc(Cl)c(Cl)c1. The van der Waals surface area contributed by atoms with Gasteiger partial charge in [0, 0.05) is 10.6 Å². The van der Waals surface area contributed by atoms with Crippen molar-refractivity contribution in [2.45, 2.75) is 26.5 Å². The molecule has 1 atom stereocenters. The lowest BCUT2D eigenvalue weighted by Gasteiger charge is -2.20. The molecule has 1 unspecified atom stereocenters. The molecule has 0 bridgehead atoms. The number of rotatable bonds is 9. The molecule has 0 aromatic heterocycles. The van der Waals surface area contributed by atoms with Gasteiger partial charge in [0.2, 0.25) is 0 Å². The number of amides is 2. The van der Waals surface area contributed by atoms with Gasteiger partial charge >= 0.3 is 0 Å². The molecule has 3 rings (SSSR count). The first-order valence-corrected chi connectivity index (χ1v) is 12.4. The number of carbonyl (C=O) groups excluding carboxylic acids is 2. The predicted molar refractivity (Wildman–Crippen MR) is 146 cm³/mol. The number of nitrogens with zero attached hydrogens (tertiary/aromatic N) is 1. The zero-order valence-corrected chi connectivity index (χ0v) is 22.4. The molecule has 0 saturated carbocycles. The highest BCUT2D eigenvalue weighted by Crippen LogP contribution is 2.24. The standard InChI is InChI=1S/C26H23Cl4N3O3/c1-15(2)24(32-25(34)19-9-8-18(27)12-21(19)29)26(35)33-31-13-17-5-3-4-6-23(17)36-14-16-7-10-20(28)22(30)11-16/h3-13,15,24H,14H2,1-2H3,(H,32,34)(H,33,35)/b31-13+. The lowest BCUT2D eigenvalue weighted by atomic mass is 10.0. The highest BCUT2D eigenvalue weighted by molar-refractivity contribution is 6.42. The van der Waals surface area contributed by atoms with E-state index >= 15 is 0 Å². The monoisotopic (exact) mass is 565 g/mol. The van der Waals surface area contributed by atoms with Crippen molar-refractivity contribution in [2.24, 2.45) is 11.0 Å². The highest BCUT2D eigenvalue weighted by atomic mass is 35.5. The molecule has 0 heterocycles. The topological polar surface area (TPSA) is 79.8 Å². The van der Waals surface area contributed by atoms with Gasteiger partial charge in [0.05, 0.1) is 26.8 Å². The Labute approximate surface area is 229 Å². The van der Waals surface area contributed by atoms with Gasteiger partial charge in [-0.3, -0.25) is 9.59 Å². The summed E-state index contributed by atoms with van der Waals surface area (Å²) < 4.78 is 5.90. The summed E-state index contributed by atoms with van der Waals surface area (Å²) in [4.78, 5) is 25.5. The van der Waals surface area contributed by atoms with Crippen molar-refractivity contribution in [3.8, 4) is 5.75 Å². The molecule has 0 aliphatic carbocycles. The average molecular weight is 567 g/mol. The number of carbonyl (C=O) groups is 2. The molecule has 188 valence electrons. The van der Waals surface area contributed by atoms with Crippen LogP contribution in [-0.4, -0.2) is 24.1 Å². The van der Waals surface area contributed by atoms with Crippen LogP contribution >= 0.6 is 46.4 Å². The van der Waals surface area contributed by atoms with Crippen LogP contribution in [0.5, 0.6) is 5.75 Å². The van der Waals surface area contributed by atoms with Crippen molar-refractivity contribution in [1.29, 1.82) is 0 Å². The van der Waals surface area contributed by atoms with Gasteiger partial charge in [-0.25, -0.2) is 5.43 Å². The summed E-state index contributed by atoms with van der Waals surface area (Å²) >= 11 is 24.0. The van der Waals surface area contributed by atoms with Crippen molar-refractivity contribution < 1.29 is 14.3 Å². The minimum absolute atomic E-state index is 0.193. The number of halogens is 4. The minimum atomic E-state index is -0.845. The molecule has 6 nitrogen and oxygen atoms in total. The summed E-state index contributed by atoms with van der Waals surface area (Å²) in [5.74, 6) is -0.617. The van der Waals surface area contributed by atoms with Crippen molar-refractivity contribution in [2.75, 3.05) is 0 Å². The van der Waals surface area contributed by atoms with Crippen LogP contribution in [0.25, 0.3) is 0 Å². The molecule has 3 aromatic rings. The fourth-order valence-corrected chi connectivity index (χ4v) is 3.99. The van der Waals surface area contributed by atoms with Gasteiger partial charge in [0.25, 0.3) is 11.8 Å². The number of hydrogen-bond acceptors (Lipinski definition) is 4. The molecule has 0 aliphatic heterocycles. The Kier molecular flexibility index (Phi) is 10.0. The van der Waals surface area contributed by atoms with Crippen LogP contribution in [-0.2, 0) is 11.4 Å². The first-order chi connectivity index (χ1) is 17.2. The Morgan fingerprint density at radius 1 is 0.944 bits per heavy atom. The van der Waals surface area contributed by atoms with Crippen LogP contribution in [0.1, 0.15) is 35.3 Å². The van der Waals surface area contributed by atoms with Crippen molar-refractivity contribution >= 4 is 64.4 Å². The van der Waals surface area contributed by atoms with Crippen molar-refractivity contribution in [1.82, 2.24) is 10.7 Å². The normalized spacial score (nSPS) is 12.0. The second-order valence-corrected chi connectivity index (χ2v) is 9.79. The van der Waals surface area contributed by atoms with Crippen LogP contribution in [0, 0.1) is 5.92 Å². The van der Waals surface area contributed by atoms with Crippen LogP contribution in [0.3, 0.4) is 0 Å². The third-order valence-corrected chi connectivity index (χ3v) is 6.37. The molecule has 2 amide bonds. The number of hydrogen-bond donors (Lipinski definition) is 2. The number of hydrazone groups is 1. The lowest BCUT2D eigenvalue weighted by Crippen LogP contribution is -2.48.